The molecule has 0 N–H and O–H groups in total. The highest BCUT2D eigenvalue weighted by Crippen LogP contribution is 2.33. The lowest BCUT2D eigenvalue weighted by Crippen LogP contribution is -2.41. The Morgan fingerprint density at radius 1 is 1.27 bits per heavy atom. The van der Waals surface area contributed by atoms with Crippen molar-refractivity contribution in [1.29, 1.82) is 0 Å². The summed E-state index contributed by atoms with van der Waals surface area (Å²) >= 11 is 6.27. The zero-order valence-electron chi connectivity index (χ0n) is 12.6. The minimum absolute atomic E-state index is 0.0699. The van der Waals surface area contributed by atoms with Crippen LogP contribution >= 0.6 is 11.6 Å². The molecule has 6 nitrogen and oxygen atoms in total. The Balaban J connectivity index is 0.000000745. The van der Waals surface area contributed by atoms with Crippen LogP contribution in [0.4, 0.5) is 5.69 Å². The molecule has 0 unspecified atom stereocenters. The van der Waals surface area contributed by atoms with Crippen LogP contribution in [0.3, 0.4) is 0 Å². The highest BCUT2D eigenvalue weighted by Gasteiger charge is 2.27. The highest BCUT2D eigenvalue weighted by atomic mass is 35.5. The smallest absolute Gasteiger partial charge is 0.362 e. The topological polar surface area (TPSA) is 80.8 Å². The first-order chi connectivity index (χ1) is 10.1. The molecule has 2 rings (SSSR count). The maximum Gasteiger partial charge on any atom is 0.373 e. The Labute approximate surface area is 135 Å². The van der Waals surface area contributed by atoms with E-state index in [1.54, 1.807) is 12.1 Å². The molecular formula is C14H18ClNO5S. The van der Waals surface area contributed by atoms with Gasteiger partial charge in [-0.2, -0.15) is 9.59 Å². The summed E-state index contributed by atoms with van der Waals surface area (Å²) in [5.74, 6) is -0.272. The largest absolute Gasteiger partial charge is 0.373 e. The highest BCUT2D eigenvalue weighted by molar-refractivity contribution is 7.92. The Morgan fingerprint density at radius 2 is 1.86 bits per heavy atom. The van der Waals surface area contributed by atoms with Gasteiger partial charge in [0.05, 0.1) is 18.8 Å². The first-order valence-electron chi connectivity index (χ1n) is 6.51. The standard InChI is InChI=1S/C13H18ClNO3S.CO2/c1-13(2,3)11-5-4-10(8-12(11)14)15-6-7-18-9-19(15,16)17;2-1-3/h4-5,8H,6-7,9H2,1-3H3;. The van der Waals surface area contributed by atoms with E-state index in [4.69, 9.17) is 25.9 Å². The van der Waals surface area contributed by atoms with E-state index in [0.29, 0.717) is 23.9 Å². The van der Waals surface area contributed by atoms with Gasteiger partial charge in [0, 0.05) is 5.02 Å². The van der Waals surface area contributed by atoms with Crippen LogP contribution in [-0.4, -0.2) is 33.7 Å². The van der Waals surface area contributed by atoms with Crippen molar-refractivity contribution in [1.82, 2.24) is 0 Å². The average Bonchev–Trinajstić information content (AvgIpc) is 2.37. The normalized spacial score (nSPS) is 17.2. The fraction of sp³-hybridized carbons (Fsp3) is 0.500. The van der Waals surface area contributed by atoms with E-state index in [0.717, 1.165) is 5.56 Å². The maximum absolute atomic E-state index is 11.9. The summed E-state index contributed by atoms with van der Waals surface area (Å²) in [6.45, 7) is 6.93. The van der Waals surface area contributed by atoms with E-state index in [-0.39, 0.29) is 17.5 Å². The van der Waals surface area contributed by atoms with Gasteiger partial charge in [0.1, 0.15) is 0 Å². The average molecular weight is 348 g/mol. The molecule has 1 saturated heterocycles. The second-order valence-electron chi connectivity index (χ2n) is 5.71. The molecule has 0 saturated carbocycles. The van der Waals surface area contributed by atoms with Crippen LogP contribution in [0.5, 0.6) is 0 Å². The molecular weight excluding hydrogens is 330 g/mol. The molecule has 1 aromatic carbocycles. The minimum Gasteiger partial charge on any atom is -0.362 e. The molecule has 1 heterocycles. The molecule has 0 atom stereocenters. The first-order valence-corrected chi connectivity index (χ1v) is 8.49. The number of benzene rings is 1. The van der Waals surface area contributed by atoms with Crippen LogP contribution in [0.25, 0.3) is 0 Å². The predicted molar refractivity (Wildman–Crippen MR) is 82.2 cm³/mol. The van der Waals surface area contributed by atoms with Crippen molar-refractivity contribution in [3.8, 4) is 0 Å². The van der Waals surface area contributed by atoms with E-state index in [1.165, 1.54) is 4.31 Å². The maximum atomic E-state index is 11.9. The first kappa shape index (κ1) is 18.6. The number of hydrogen-bond acceptors (Lipinski definition) is 5. The van der Waals surface area contributed by atoms with E-state index >= 15 is 0 Å². The molecule has 1 aliphatic rings. The number of sulfonamides is 1. The van der Waals surface area contributed by atoms with Crippen LogP contribution in [-0.2, 0) is 29.8 Å². The summed E-state index contributed by atoms with van der Waals surface area (Å²) in [4.78, 5) is 16.2. The van der Waals surface area contributed by atoms with Gasteiger partial charge in [-0.05, 0) is 23.1 Å². The van der Waals surface area contributed by atoms with Crippen molar-refractivity contribution >= 4 is 33.5 Å². The number of carbonyl (C=O) groups excluding carboxylic acids is 2. The quantitative estimate of drug-likeness (QED) is 0.777. The predicted octanol–water partition coefficient (Wildman–Crippen LogP) is 2.18. The van der Waals surface area contributed by atoms with Gasteiger partial charge in [0.15, 0.2) is 5.94 Å². The third-order valence-electron chi connectivity index (χ3n) is 3.06. The van der Waals surface area contributed by atoms with Gasteiger partial charge in [-0.3, -0.25) is 4.31 Å². The molecule has 0 amide bonds. The molecule has 0 aromatic heterocycles. The van der Waals surface area contributed by atoms with Crippen molar-refractivity contribution in [2.24, 2.45) is 0 Å². The summed E-state index contributed by atoms with van der Waals surface area (Å²) in [6.07, 6.45) is 0.250. The van der Waals surface area contributed by atoms with Gasteiger partial charge in [-0.25, -0.2) is 8.42 Å². The summed E-state index contributed by atoms with van der Waals surface area (Å²) in [5.41, 5.74) is 1.53. The van der Waals surface area contributed by atoms with Gasteiger partial charge in [0.25, 0.3) is 10.0 Å². The fourth-order valence-corrected chi connectivity index (χ4v) is 3.77. The second-order valence-corrected chi connectivity index (χ2v) is 7.96. The molecule has 1 fully saturated rings. The molecule has 0 aliphatic carbocycles. The van der Waals surface area contributed by atoms with E-state index in [1.807, 2.05) is 6.07 Å². The Kier molecular flexibility index (Phi) is 6.14. The number of anilines is 1. The van der Waals surface area contributed by atoms with Crippen molar-refractivity contribution in [3.05, 3.63) is 28.8 Å². The van der Waals surface area contributed by atoms with Crippen LogP contribution in [0.2, 0.25) is 5.02 Å². The fourth-order valence-electron chi connectivity index (χ4n) is 2.07. The van der Waals surface area contributed by atoms with Gasteiger partial charge in [-0.1, -0.05) is 38.4 Å². The van der Waals surface area contributed by atoms with E-state index < -0.39 is 10.0 Å². The zero-order valence-corrected chi connectivity index (χ0v) is 14.2. The summed E-state index contributed by atoms with van der Waals surface area (Å²) < 4.78 is 30.2. The van der Waals surface area contributed by atoms with E-state index in [2.05, 4.69) is 20.8 Å². The molecule has 8 heteroatoms. The lowest BCUT2D eigenvalue weighted by Gasteiger charge is -2.29. The van der Waals surface area contributed by atoms with Gasteiger partial charge < -0.3 is 4.74 Å². The number of ether oxygens (including phenoxy) is 1. The Bertz CT molecular complexity index is 660. The lowest BCUT2D eigenvalue weighted by molar-refractivity contribution is -0.191. The number of rotatable bonds is 1. The monoisotopic (exact) mass is 347 g/mol. The zero-order chi connectivity index (χ0) is 17.0. The molecule has 0 radical (unpaired) electrons. The van der Waals surface area contributed by atoms with Crippen molar-refractivity contribution in [2.45, 2.75) is 26.2 Å². The van der Waals surface area contributed by atoms with Crippen LogP contribution in [0.1, 0.15) is 26.3 Å². The summed E-state index contributed by atoms with van der Waals surface area (Å²) in [5, 5.41) is 0.590. The molecule has 0 bridgehead atoms. The Hall–Kier alpha value is -1.40. The number of nitrogens with zero attached hydrogens (tertiary/aromatic N) is 1. The number of halogens is 1. The van der Waals surface area contributed by atoms with Crippen LogP contribution in [0.15, 0.2) is 18.2 Å². The third-order valence-corrected chi connectivity index (χ3v) is 4.90. The lowest BCUT2D eigenvalue weighted by atomic mass is 9.87. The van der Waals surface area contributed by atoms with Gasteiger partial charge in [-0.15, -0.1) is 0 Å². The van der Waals surface area contributed by atoms with Gasteiger partial charge >= 0.3 is 6.15 Å². The Morgan fingerprint density at radius 3 is 2.32 bits per heavy atom. The van der Waals surface area contributed by atoms with E-state index in [9.17, 15) is 8.42 Å². The SMILES string of the molecule is CC(C)(C)c1ccc(N2CCOCS2(=O)=O)cc1Cl.O=C=O. The van der Waals surface area contributed by atoms with Crippen molar-refractivity contribution in [3.63, 3.8) is 0 Å². The molecule has 122 valence electrons. The number of hydrogen-bond donors (Lipinski definition) is 0. The van der Waals surface area contributed by atoms with Crippen LogP contribution in [0, 0.1) is 0 Å². The van der Waals surface area contributed by atoms with Crippen LogP contribution < -0.4 is 4.31 Å². The second kappa shape index (κ2) is 7.24. The van der Waals surface area contributed by atoms with Crippen molar-refractivity contribution in [2.75, 3.05) is 23.4 Å². The van der Waals surface area contributed by atoms with Crippen molar-refractivity contribution < 1.29 is 22.7 Å². The minimum atomic E-state index is -3.39. The molecule has 1 aromatic rings. The summed E-state index contributed by atoms with van der Waals surface area (Å²) in [6, 6.07) is 5.41. The molecule has 22 heavy (non-hydrogen) atoms. The van der Waals surface area contributed by atoms with Gasteiger partial charge in [0.2, 0.25) is 0 Å². The summed E-state index contributed by atoms with van der Waals surface area (Å²) in [7, 11) is -3.39. The third kappa shape index (κ3) is 4.55. The molecule has 1 aliphatic heterocycles. The molecule has 0 spiro atoms.